The second-order valence-corrected chi connectivity index (χ2v) is 7.90. The second-order valence-electron chi connectivity index (χ2n) is 7.90. The van der Waals surface area contributed by atoms with Crippen LogP contribution in [-0.2, 0) is 10.9 Å². The largest absolute Gasteiger partial charge is 0.444 e. The molecule has 3 rings (SSSR count). The number of benzene rings is 1. The van der Waals surface area contributed by atoms with Gasteiger partial charge in [0.2, 0.25) is 5.88 Å². The lowest BCUT2D eigenvalue weighted by molar-refractivity contribution is -0.137. The number of aromatic nitrogens is 1. The molecule has 0 spiro atoms. The number of para-hydroxylation sites is 2. The quantitative estimate of drug-likeness (QED) is 0.699. The number of anilines is 1. The first kappa shape index (κ1) is 21.7. The number of ether oxygens (including phenoxy) is 2. The molecule has 30 heavy (non-hydrogen) atoms. The zero-order valence-corrected chi connectivity index (χ0v) is 17.1. The Hall–Kier alpha value is -2.97. The van der Waals surface area contributed by atoms with Gasteiger partial charge in [0, 0.05) is 38.4 Å². The van der Waals surface area contributed by atoms with Crippen molar-refractivity contribution in [3.63, 3.8) is 0 Å². The number of piperazine rings is 1. The average molecular weight is 423 g/mol. The lowest BCUT2D eigenvalue weighted by Crippen LogP contribution is -2.50. The molecule has 1 aromatic carbocycles. The number of hydrogen-bond acceptors (Lipinski definition) is 5. The van der Waals surface area contributed by atoms with Gasteiger partial charge in [-0.25, -0.2) is 9.78 Å². The molecule has 2 heterocycles. The molecule has 1 fully saturated rings. The molecular formula is C21H24F3N3O3. The van der Waals surface area contributed by atoms with E-state index < -0.39 is 17.3 Å². The fraction of sp³-hybridized carbons (Fsp3) is 0.429. The summed E-state index contributed by atoms with van der Waals surface area (Å²) in [6.07, 6.45) is -3.77. The number of carbonyl (C=O) groups is 1. The van der Waals surface area contributed by atoms with Crippen molar-refractivity contribution in [2.75, 3.05) is 31.1 Å². The van der Waals surface area contributed by atoms with Crippen LogP contribution in [0.3, 0.4) is 0 Å². The highest BCUT2D eigenvalue weighted by atomic mass is 19.4. The zero-order valence-electron chi connectivity index (χ0n) is 17.1. The maximum atomic E-state index is 12.9. The van der Waals surface area contributed by atoms with Gasteiger partial charge < -0.3 is 19.3 Å². The van der Waals surface area contributed by atoms with Crippen LogP contribution in [0.1, 0.15) is 26.3 Å². The smallest absolute Gasteiger partial charge is 0.416 e. The monoisotopic (exact) mass is 423 g/mol. The number of carbonyl (C=O) groups excluding carboxylic acids is 1. The number of rotatable bonds is 3. The summed E-state index contributed by atoms with van der Waals surface area (Å²) < 4.78 is 49.9. The van der Waals surface area contributed by atoms with Crippen LogP contribution in [0.5, 0.6) is 11.6 Å². The molecule has 0 atom stereocenters. The van der Waals surface area contributed by atoms with Gasteiger partial charge in [0.25, 0.3) is 0 Å². The molecular weight excluding hydrogens is 399 g/mol. The SMILES string of the molecule is CC(C)(C)OC(=O)N1CCN(c2ccccc2Oc2cc(C(F)(F)F)ccn2)CC1. The van der Waals surface area contributed by atoms with Crippen molar-refractivity contribution < 1.29 is 27.4 Å². The Morgan fingerprint density at radius 1 is 1.03 bits per heavy atom. The lowest BCUT2D eigenvalue weighted by atomic mass is 10.2. The molecule has 1 aliphatic rings. The van der Waals surface area contributed by atoms with Crippen LogP contribution in [0.15, 0.2) is 42.6 Å². The highest BCUT2D eigenvalue weighted by Gasteiger charge is 2.31. The summed E-state index contributed by atoms with van der Waals surface area (Å²) in [5.74, 6) is 0.264. The van der Waals surface area contributed by atoms with E-state index in [1.54, 1.807) is 17.0 Å². The molecule has 1 amide bonds. The molecule has 6 nitrogen and oxygen atoms in total. The van der Waals surface area contributed by atoms with Gasteiger partial charge in [-0.15, -0.1) is 0 Å². The highest BCUT2D eigenvalue weighted by Crippen LogP contribution is 2.35. The van der Waals surface area contributed by atoms with E-state index in [-0.39, 0.29) is 12.0 Å². The Morgan fingerprint density at radius 3 is 2.33 bits per heavy atom. The summed E-state index contributed by atoms with van der Waals surface area (Å²) in [6, 6.07) is 8.83. The van der Waals surface area contributed by atoms with E-state index in [0.29, 0.717) is 31.9 Å². The first-order valence-corrected chi connectivity index (χ1v) is 9.56. The predicted molar refractivity (Wildman–Crippen MR) is 106 cm³/mol. The number of nitrogens with zero attached hydrogens (tertiary/aromatic N) is 3. The van der Waals surface area contributed by atoms with E-state index in [1.807, 2.05) is 37.8 Å². The van der Waals surface area contributed by atoms with Crippen molar-refractivity contribution in [1.82, 2.24) is 9.88 Å². The van der Waals surface area contributed by atoms with Crippen molar-refractivity contribution >= 4 is 11.8 Å². The fourth-order valence-corrected chi connectivity index (χ4v) is 3.02. The van der Waals surface area contributed by atoms with Crippen LogP contribution in [0, 0.1) is 0 Å². The first-order valence-electron chi connectivity index (χ1n) is 9.56. The molecule has 1 saturated heterocycles. The standard InChI is InChI=1S/C21H24F3N3O3/c1-20(2,3)30-19(28)27-12-10-26(11-13-27)16-6-4-5-7-17(16)29-18-14-15(8-9-25-18)21(22,23)24/h4-9,14H,10-13H2,1-3H3. The molecule has 0 radical (unpaired) electrons. The van der Waals surface area contributed by atoms with E-state index in [0.717, 1.165) is 24.0 Å². The van der Waals surface area contributed by atoms with Crippen molar-refractivity contribution in [2.45, 2.75) is 32.5 Å². The molecule has 0 unspecified atom stereocenters. The van der Waals surface area contributed by atoms with Crippen LogP contribution in [0.4, 0.5) is 23.7 Å². The van der Waals surface area contributed by atoms with Gasteiger partial charge in [0.05, 0.1) is 11.3 Å². The van der Waals surface area contributed by atoms with Crippen LogP contribution < -0.4 is 9.64 Å². The molecule has 2 aromatic rings. The van der Waals surface area contributed by atoms with Gasteiger partial charge in [0.15, 0.2) is 5.75 Å². The van der Waals surface area contributed by atoms with Crippen molar-refractivity contribution in [2.24, 2.45) is 0 Å². The van der Waals surface area contributed by atoms with Crippen molar-refractivity contribution in [3.05, 3.63) is 48.2 Å². The van der Waals surface area contributed by atoms with Gasteiger partial charge in [-0.05, 0) is 39.0 Å². The maximum Gasteiger partial charge on any atom is 0.416 e. The Morgan fingerprint density at radius 2 is 1.70 bits per heavy atom. The minimum Gasteiger partial charge on any atom is -0.444 e. The third-order valence-corrected chi connectivity index (χ3v) is 4.41. The van der Waals surface area contributed by atoms with E-state index in [1.165, 1.54) is 0 Å². The second kappa shape index (κ2) is 8.41. The van der Waals surface area contributed by atoms with Gasteiger partial charge in [-0.2, -0.15) is 13.2 Å². The van der Waals surface area contributed by atoms with Gasteiger partial charge in [-0.1, -0.05) is 12.1 Å². The van der Waals surface area contributed by atoms with Crippen LogP contribution in [0.2, 0.25) is 0 Å². The van der Waals surface area contributed by atoms with Crippen molar-refractivity contribution in [3.8, 4) is 11.6 Å². The fourth-order valence-electron chi connectivity index (χ4n) is 3.02. The van der Waals surface area contributed by atoms with Crippen LogP contribution in [0.25, 0.3) is 0 Å². The Bertz CT molecular complexity index is 889. The Labute approximate surface area is 173 Å². The van der Waals surface area contributed by atoms with Crippen LogP contribution in [-0.4, -0.2) is 47.8 Å². The van der Waals surface area contributed by atoms with Gasteiger partial charge in [0.1, 0.15) is 5.60 Å². The molecule has 9 heteroatoms. The van der Waals surface area contributed by atoms with Crippen molar-refractivity contribution in [1.29, 1.82) is 0 Å². The molecule has 1 aliphatic heterocycles. The summed E-state index contributed by atoms with van der Waals surface area (Å²) in [7, 11) is 0. The number of pyridine rings is 1. The molecule has 0 N–H and O–H groups in total. The number of halogens is 3. The molecule has 0 aliphatic carbocycles. The zero-order chi connectivity index (χ0) is 21.9. The molecule has 0 saturated carbocycles. The Balaban J connectivity index is 1.70. The predicted octanol–water partition coefficient (Wildman–Crippen LogP) is 4.95. The van der Waals surface area contributed by atoms with Gasteiger partial charge >= 0.3 is 12.3 Å². The summed E-state index contributed by atoms with van der Waals surface area (Å²) in [5.41, 5.74) is -0.663. The summed E-state index contributed by atoms with van der Waals surface area (Å²) >= 11 is 0. The Kier molecular flexibility index (Phi) is 6.09. The summed E-state index contributed by atoms with van der Waals surface area (Å²) in [5, 5.41) is 0. The highest BCUT2D eigenvalue weighted by molar-refractivity contribution is 5.69. The average Bonchev–Trinajstić information content (AvgIpc) is 2.67. The van der Waals surface area contributed by atoms with E-state index in [4.69, 9.17) is 9.47 Å². The van der Waals surface area contributed by atoms with Crippen LogP contribution >= 0.6 is 0 Å². The normalized spacial score (nSPS) is 15.1. The lowest BCUT2D eigenvalue weighted by Gasteiger charge is -2.37. The number of hydrogen-bond donors (Lipinski definition) is 0. The summed E-state index contributed by atoms with van der Waals surface area (Å²) in [6.45, 7) is 7.45. The maximum absolute atomic E-state index is 12.9. The minimum absolute atomic E-state index is 0.135. The minimum atomic E-state index is -4.47. The van der Waals surface area contributed by atoms with E-state index >= 15 is 0 Å². The van der Waals surface area contributed by atoms with E-state index in [9.17, 15) is 18.0 Å². The molecule has 162 valence electrons. The molecule has 0 bridgehead atoms. The van der Waals surface area contributed by atoms with E-state index in [2.05, 4.69) is 4.98 Å². The van der Waals surface area contributed by atoms with Gasteiger partial charge in [-0.3, -0.25) is 0 Å². The summed E-state index contributed by atoms with van der Waals surface area (Å²) in [4.78, 5) is 19.8. The molecule has 1 aromatic heterocycles. The third kappa shape index (κ3) is 5.55. The number of alkyl halides is 3. The first-order chi connectivity index (χ1) is 14.0. The third-order valence-electron chi connectivity index (χ3n) is 4.41. The number of amides is 1. The topological polar surface area (TPSA) is 54.9 Å².